The summed E-state index contributed by atoms with van der Waals surface area (Å²) < 4.78 is 7.44. The van der Waals surface area contributed by atoms with E-state index >= 15 is 0 Å². The third-order valence-electron chi connectivity index (χ3n) is 2.99. The van der Waals surface area contributed by atoms with Crippen molar-refractivity contribution in [2.45, 2.75) is 19.9 Å². The monoisotopic (exact) mass is 338 g/mol. The lowest BCUT2D eigenvalue weighted by molar-refractivity contribution is 0.284. The highest BCUT2D eigenvalue weighted by molar-refractivity contribution is 7.09. The van der Waals surface area contributed by atoms with Gasteiger partial charge in [0.15, 0.2) is 11.5 Å². The third-order valence-corrected chi connectivity index (χ3v) is 3.94. The average Bonchev–Trinajstić information content (AvgIpc) is 3.11. The Morgan fingerprint density at radius 3 is 2.95 bits per heavy atom. The number of thiazole rings is 1. The fraction of sp³-hybridized carbons (Fsp3) is 0.385. The number of aromatic nitrogens is 5. The summed E-state index contributed by atoms with van der Waals surface area (Å²) in [6, 6.07) is 0.505. The Balaban J connectivity index is 1.95. The molecule has 116 valence electrons. The van der Waals surface area contributed by atoms with Gasteiger partial charge in [-0.3, -0.25) is 4.57 Å². The predicted octanol–water partition coefficient (Wildman–Crippen LogP) is 2.87. The summed E-state index contributed by atoms with van der Waals surface area (Å²) in [5.41, 5.74) is 1.27. The maximum absolute atomic E-state index is 5.99. The maximum atomic E-state index is 5.99. The van der Waals surface area contributed by atoms with Gasteiger partial charge in [0.25, 0.3) is 6.01 Å². The largest absolute Gasteiger partial charge is 0.465 e. The van der Waals surface area contributed by atoms with Crippen LogP contribution in [-0.2, 0) is 13.6 Å². The van der Waals surface area contributed by atoms with Gasteiger partial charge >= 0.3 is 0 Å². The van der Waals surface area contributed by atoms with Gasteiger partial charge in [0.1, 0.15) is 10.5 Å². The zero-order valence-corrected chi connectivity index (χ0v) is 13.8. The normalized spacial score (nSPS) is 11.0. The van der Waals surface area contributed by atoms with Crippen molar-refractivity contribution in [2.24, 2.45) is 7.05 Å². The summed E-state index contributed by atoms with van der Waals surface area (Å²) in [5, 5.41) is 6.28. The fourth-order valence-electron chi connectivity index (χ4n) is 2.01. The van der Waals surface area contributed by atoms with Gasteiger partial charge < -0.3 is 10.1 Å². The third kappa shape index (κ3) is 2.97. The number of fused-ring (bicyclic) bond motifs is 1. The van der Waals surface area contributed by atoms with Crippen molar-refractivity contribution in [2.75, 3.05) is 11.9 Å². The number of hydrogen-bond acceptors (Lipinski definition) is 7. The van der Waals surface area contributed by atoms with E-state index in [0.29, 0.717) is 30.6 Å². The molecule has 0 atom stereocenters. The summed E-state index contributed by atoms with van der Waals surface area (Å²) in [6.07, 6.45) is 2.68. The molecule has 3 rings (SSSR count). The Morgan fingerprint density at radius 1 is 1.36 bits per heavy atom. The summed E-state index contributed by atoms with van der Waals surface area (Å²) in [7, 11) is 1.87. The second-order valence-corrected chi connectivity index (χ2v) is 5.91. The van der Waals surface area contributed by atoms with Crippen LogP contribution in [0.15, 0.2) is 11.6 Å². The predicted molar refractivity (Wildman–Crippen MR) is 86.5 cm³/mol. The van der Waals surface area contributed by atoms with Crippen LogP contribution in [0.4, 0.5) is 5.82 Å². The number of imidazole rings is 1. The van der Waals surface area contributed by atoms with Gasteiger partial charge in [0, 0.05) is 18.6 Å². The van der Waals surface area contributed by atoms with E-state index in [9.17, 15) is 0 Å². The van der Waals surface area contributed by atoms with Gasteiger partial charge in [0.2, 0.25) is 5.28 Å². The van der Waals surface area contributed by atoms with Crippen molar-refractivity contribution < 1.29 is 4.74 Å². The molecule has 0 aliphatic heterocycles. The van der Waals surface area contributed by atoms with Crippen molar-refractivity contribution in [1.82, 2.24) is 24.5 Å². The molecule has 9 heteroatoms. The van der Waals surface area contributed by atoms with E-state index in [4.69, 9.17) is 16.3 Å². The van der Waals surface area contributed by atoms with E-state index in [2.05, 4.69) is 25.3 Å². The molecule has 0 radical (unpaired) electrons. The SMILES string of the molecule is CCCOc1nc2nc(Cl)nc(NCc3nccs3)c2n1C. The highest BCUT2D eigenvalue weighted by Gasteiger charge is 2.16. The first kappa shape index (κ1) is 15.0. The van der Waals surface area contributed by atoms with Crippen molar-refractivity contribution in [3.63, 3.8) is 0 Å². The Labute approximate surface area is 136 Å². The highest BCUT2D eigenvalue weighted by Crippen LogP contribution is 2.26. The van der Waals surface area contributed by atoms with Crippen LogP contribution in [0.1, 0.15) is 18.4 Å². The topological polar surface area (TPSA) is 77.8 Å². The van der Waals surface area contributed by atoms with E-state index in [-0.39, 0.29) is 5.28 Å². The van der Waals surface area contributed by atoms with Crippen molar-refractivity contribution in [3.05, 3.63) is 21.9 Å². The average molecular weight is 339 g/mol. The van der Waals surface area contributed by atoms with Gasteiger partial charge in [0.05, 0.1) is 13.2 Å². The van der Waals surface area contributed by atoms with E-state index in [0.717, 1.165) is 16.9 Å². The summed E-state index contributed by atoms with van der Waals surface area (Å²) in [4.78, 5) is 17.0. The number of aryl methyl sites for hydroxylation is 1. The summed E-state index contributed by atoms with van der Waals surface area (Å²) >= 11 is 7.56. The minimum Gasteiger partial charge on any atom is -0.465 e. The van der Waals surface area contributed by atoms with E-state index < -0.39 is 0 Å². The minimum atomic E-state index is 0.147. The lowest BCUT2D eigenvalue weighted by atomic mass is 10.4. The summed E-state index contributed by atoms with van der Waals surface area (Å²) in [5.74, 6) is 0.617. The van der Waals surface area contributed by atoms with Crippen molar-refractivity contribution in [1.29, 1.82) is 0 Å². The van der Waals surface area contributed by atoms with Gasteiger partial charge in [-0.2, -0.15) is 15.0 Å². The molecule has 0 fully saturated rings. The molecule has 3 aromatic heterocycles. The summed E-state index contributed by atoms with van der Waals surface area (Å²) in [6.45, 7) is 3.21. The molecule has 0 bridgehead atoms. The number of halogens is 1. The van der Waals surface area contributed by atoms with E-state index in [1.165, 1.54) is 0 Å². The zero-order chi connectivity index (χ0) is 15.5. The standard InChI is InChI=1S/C13H15ClN6OS/c1-3-5-21-13-19-11-9(20(13)2)10(17-12(14)18-11)16-7-8-15-4-6-22-8/h4,6H,3,5,7H2,1-2H3,(H,16,17,18). The van der Waals surface area contributed by atoms with Crippen LogP contribution in [0.2, 0.25) is 5.28 Å². The number of rotatable bonds is 6. The van der Waals surface area contributed by atoms with E-state index in [1.54, 1.807) is 17.5 Å². The smallest absolute Gasteiger partial charge is 0.298 e. The van der Waals surface area contributed by atoms with Crippen LogP contribution in [0.3, 0.4) is 0 Å². The second kappa shape index (κ2) is 6.45. The molecule has 0 aliphatic rings. The van der Waals surface area contributed by atoms with Crippen molar-refractivity contribution in [3.8, 4) is 6.01 Å². The Hall–Kier alpha value is -1.93. The molecule has 22 heavy (non-hydrogen) atoms. The molecule has 0 saturated carbocycles. The van der Waals surface area contributed by atoms with Crippen LogP contribution in [0, 0.1) is 0 Å². The number of anilines is 1. The fourth-order valence-corrected chi connectivity index (χ4v) is 2.73. The van der Waals surface area contributed by atoms with Crippen LogP contribution < -0.4 is 10.1 Å². The van der Waals surface area contributed by atoms with E-state index in [1.807, 2.05) is 23.9 Å². The quantitative estimate of drug-likeness (QED) is 0.696. The number of nitrogens with one attached hydrogen (secondary N) is 1. The Morgan fingerprint density at radius 2 is 2.23 bits per heavy atom. The number of hydrogen-bond donors (Lipinski definition) is 1. The lowest BCUT2D eigenvalue weighted by Crippen LogP contribution is -2.05. The molecular formula is C13H15ClN6OS. The molecule has 0 unspecified atom stereocenters. The molecule has 7 nitrogen and oxygen atoms in total. The first-order chi connectivity index (χ1) is 10.7. The van der Waals surface area contributed by atoms with Crippen LogP contribution in [0.25, 0.3) is 11.2 Å². The van der Waals surface area contributed by atoms with Crippen LogP contribution in [-0.4, -0.2) is 31.1 Å². The molecule has 1 N–H and O–H groups in total. The maximum Gasteiger partial charge on any atom is 0.298 e. The molecule has 0 saturated heterocycles. The molecule has 0 aliphatic carbocycles. The second-order valence-electron chi connectivity index (χ2n) is 4.59. The number of nitrogens with zero attached hydrogens (tertiary/aromatic N) is 5. The molecule has 0 spiro atoms. The first-order valence-electron chi connectivity index (χ1n) is 6.84. The van der Waals surface area contributed by atoms with Crippen LogP contribution in [0.5, 0.6) is 6.01 Å². The first-order valence-corrected chi connectivity index (χ1v) is 8.09. The van der Waals surface area contributed by atoms with Gasteiger partial charge in [-0.25, -0.2) is 4.98 Å². The Bertz CT molecular complexity index is 773. The van der Waals surface area contributed by atoms with Gasteiger partial charge in [-0.15, -0.1) is 11.3 Å². The molecular weight excluding hydrogens is 324 g/mol. The van der Waals surface area contributed by atoms with Gasteiger partial charge in [-0.1, -0.05) is 6.92 Å². The molecule has 3 heterocycles. The minimum absolute atomic E-state index is 0.147. The molecule has 3 aromatic rings. The lowest BCUT2D eigenvalue weighted by Gasteiger charge is -2.07. The molecule has 0 aromatic carbocycles. The zero-order valence-electron chi connectivity index (χ0n) is 12.2. The Kier molecular flexibility index (Phi) is 4.39. The van der Waals surface area contributed by atoms with Gasteiger partial charge in [-0.05, 0) is 18.0 Å². The van der Waals surface area contributed by atoms with Crippen molar-refractivity contribution >= 4 is 39.9 Å². The molecule has 0 amide bonds. The van der Waals surface area contributed by atoms with Crippen LogP contribution >= 0.6 is 22.9 Å². The number of ether oxygens (including phenoxy) is 1. The highest BCUT2D eigenvalue weighted by atomic mass is 35.5.